The average molecular weight is 404 g/mol. The number of H-pyrrole nitrogens is 1. The summed E-state index contributed by atoms with van der Waals surface area (Å²) in [6, 6.07) is 10.5. The van der Waals surface area contributed by atoms with Crippen LogP contribution in [-0.4, -0.2) is 46.5 Å². The Morgan fingerprint density at radius 2 is 1.96 bits per heavy atom. The molecule has 3 aromatic rings. The van der Waals surface area contributed by atoms with E-state index in [4.69, 9.17) is 4.74 Å². The molecule has 1 fully saturated rings. The smallest absolute Gasteiger partial charge is 0.184 e. The van der Waals surface area contributed by atoms with Gasteiger partial charge in [-0.25, -0.2) is 14.4 Å². The summed E-state index contributed by atoms with van der Waals surface area (Å²) in [5.41, 5.74) is 1.01. The lowest BCUT2D eigenvalue weighted by atomic mass is 10.2. The van der Waals surface area contributed by atoms with Gasteiger partial charge in [0.05, 0.1) is 18.8 Å². The van der Waals surface area contributed by atoms with Crippen LogP contribution >= 0.6 is 15.9 Å². The Bertz CT molecular complexity index is 894. The monoisotopic (exact) mass is 403 g/mol. The molecule has 0 radical (unpaired) electrons. The van der Waals surface area contributed by atoms with E-state index in [0.29, 0.717) is 40.6 Å². The van der Waals surface area contributed by atoms with Crippen molar-refractivity contribution >= 4 is 21.7 Å². The fourth-order valence-corrected chi connectivity index (χ4v) is 3.02. The lowest BCUT2D eigenvalue weighted by molar-refractivity contribution is 0.122. The van der Waals surface area contributed by atoms with Crippen LogP contribution in [0, 0.1) is 5.82 Å². The predicted octanol–water partition coefficient (Wildman–Crippen LogP) is 3.27. The molecule has 0 amide bonds. The standard InChI is InChI=1S/C17H15BrFN5O/c18-11-4-5-12(13(19)10-11)16-21-17(23-22-16)14-2-1-3-15(20-14)24-6-8-25-9-7-24/h1-5,10H,6-9H2,(H,21,22,23). The van der Waals surface area contributed by atoms with Gasteiger partial charge in [-0.3, -0.25) is 5.10 Å². The van der Waals surface area contributed by atoms with Crippen LogP contribution < -0.4 is 4.90 Å². The number of benzene rings is 1. The molecule has 0 aliphatic carbocycles. The maximum absolute atomic E-state index is 14.1. The van der Waals surface area contributed by atoms with Gasteiger partial charge in [0.1, 0.15) is 17.3 Å². The van der Waals surface area contributed by atoms with E-state index in [1.165, 1.54) is 6.07 Å². The van der Waals surface area contributed by atoms with Crippen molar-refractivity contribution in [3.63, 3.8) is 0 Å². The predicted molar refractivity (Wildman–Crippen MR) is 95.7 cm³/mol. The SMILES string of the molecule is Fc1cc(Br)ccc1-c1n[nH]c(-c2cccc(N3CCOCC3)n2)n1. The van der Waals surface area contributed by atoms with Crippen molar-refractivity contribution in [3.05, 3.63) is 46.7 Å². The molecule has 0 bridgehead atoms. The molecule has 0 spiro atoms. The number of ether oxygens (including phenoxy) is 1. The Hall–Kier alpha value is -2.32. The minimum absolute atomic E-state index is 0.304. The van der Waals surface area contributed by atoms with Gasteiger partial charge in [-0.2, -0.15) is 5.10 Å². The summed E-state index contributed by atoms with van der Waals surface area (Å²) in [6.07, 6.45) is 0. The van der Waals surface area contributed by atoms with E-state index >= 15 is 0 Å². The van der Waals surface area contributed by atoms with Crippen molar-refractivity contribution in [2.45, 2.75) is 0 Å². The molecule has 0 atom stereocenters. The maximum atomic E-state index is 14.1. The van der Waals surface area contributed by atoms with Gasteiger partial charge in [-0.1, -0.05) is 22.0 Å². The summed E-state index contributed by atoms with van der Waals surface area (Å²) >= 11 is 3.24. The van der Waals surface area contributed by atoms with Gasteiger partial charge in [0.25, 0.3) is 0 Å². The van der Waals surface area contributed by atoms with Crippen LogP contribution in [0.25, 0.3) is 22.9 Å². The molecule has 1 aliphatic heterocycles. The lowest BCUT2D eigenvalue weighted by Gasteiger charge is -2.27. The Kier molecular flexibility index (Phi) is 4.46. The summed E-state index contributed by atoms with van der Waals surface area (Å²) in [4.78, 5) is 11.2. The van der Waals surface area contributed by atoms with Gasteiger partial charge in [0, 0.05) is 17.6 Å². The quantitative estimate of drug-likeness (QED) is 0.726. The van der Waals surface area contributed by atoms with Crippen molar-refractivity contribution in [2.24, 2.45) is 0 Å². The summed E-state index contributed by atoms with van der Waals surface area (Å²) in [6.45, 7) is 3.01. The first-order valence-corrected chi connectivity index (χ1v) is 8.68. The Balaban J connectivity index is 1.63. The first kappa shape index (κ1) is 16.2. The molecule has 1 saturated heterocycles. The lowest BCUT2D eigenvalue weighted by Crippen LogP contribution is -2.36. The molecule has 25 heavy (non-hydrogen) atoms. The number of morpholine rings is 1. The molecule has 1 N–H and O–H groups in total. The number of anilines is 1. The van der Waals surface area contributed by atoms with Crippen LogP contribution in [0.4, 0.5) is 10.2 Å². The van der Waals surface area contributed by atoms with Crippen molar-refractivity contribution in [2.75, 3.05) is 31.2 Å². The van der Waals surface area contributed by atoms with E-state index in [2.05, 4.69) is 41.0 Å². The number of hydrogen-bond acceptors (Lipinski definition) is 5. The molecule has 0 saturated carbocycles. The third kappa shape index (κ3) is 3.40. The van der Waals surface area contributed by atoms with E-state index < -0.39 is 0 Å². The van der Waals surface area contributed by atoms with E-state index in [1.807, 2.05) is 18.2 Å². The summed E-state index contributed by atoms with van der Waals surface area (Å²) < 4.78 is 20.1. The Labute approximate surface area is 152 Å². The second-order valence-electron chi connectivity index (χ2n) is 5.61. The number of nitrogens with zero attached hydrogens (tertiary/aromatic N) is 4. The molecule has 1 aromatic carbocycles. The highest BCUT2D eigenvalue weighted by Crippen LogP contribution is 2.25. The fourth-order valence-electron chi connectivity index (χ4n) is 2.69. The summed E-state index contributed by atoms with van der Waals surface area (Å²) in [5.74, 6) is 1.30. The van der Waals surface area contributed by atoms with Crippen LogP contribution in [-0.2, 0) is 4.74 Å². The van der Waals surface area contributed by atoms with E-state index in [-0.39, 0.29) is 5.82 Å². The van der Waals surface area contributed by atoms with E-state index in [9.17, 15) is 4.39 Å². The first-order valence-electron chi connectivity index (χ1n) is 7.89. The van der Waals surface area contributed by atoms with E-state index in [1.54, 1.807) is 12.1 Å². The zero-order valence-electron chi connectivity index (χ0n) is 13.2. The molecule has 4 rings (SSSR count). The third-order valence-corrected chi connectivity index (χ3v) is 4.46. The second-order valence-corrected chi connectivity index (χ2v) is 6.53. The molecule has 2 aromatic heterocycles. The minimum atomic E-state index is -0.380. The molecular weight excluding hydrogens is 389 g/mol. The highest BCUT2D eigenvalue weighted by molar-refractivity contribution is 9.10. The van der Waals surface area contributed by atoms with Crippen molar-refractivity contribution in [1.82, 2.24) is 20.2 Å². The molecule has 0 unspecified atom stereocenters. The average Bonchev–Trinajstić information content (AvgIpc) is 3.12. The number of rotatable bonds is 3. The fraction of sp³-hybridized carbons (Fsp3) is 0.235. The molecule has 3 heterocycles. The van der Waals surface area contributed by atoms with Crippen LogP contribution in [0.2, 0.25) is 0 Å². The van der Waals surface area contributed by atoms with Gasteiger partial charge >= 0.3 is 0 Å². The van der Waals surface area contributed by atoms with Gasteiger partial charge in [0.15, 0.2) is 11.6 Å². The topological polar surface area (TPSA) is 66.9 Å². The van der Waals surface area contributed by atoms with Gasteiger partial charge in [-0.15, -0.1) is 0 Å². The van der Waals surface area contributed by atoms with Crippen LogP contribution in [0.15, 0.2) is 40.9 Å². The first-order chi connectivity index (χ1) is 12.2. The van der Waals surface area contributed by atoms with Crippen molar-refractivity contribution in [3.8, 4) is 22.9 Å². The number of aromatic amines is 1. The van der Waals surface area contributed by atoms with Crippen LogP contribution in [0.1, 0.15) is 0 Å². The van der Waals surface area contributed by atoms with Crippen molar-refractivity contribution in [1.29, 1.82) is 0 Å². The van der Waals surface area contributed by atoms with E-state index in [0.717, 1.165) is 18.9 Å². The van der Waals surface area contributed by atoms with Gasteiger partial charge < -0.3 is 9.64 Å². The Morgan fingerprint density at radius 1 is 1.12 bits per heavy atom. The zero-order chi connectivity index (χ0) is 17.2. The zero-order valence-corrected chi connectivity index (χ0v) is 14.8. The number of pyridine rings is 1. The van der Waals surface area contributed by atoms with Crippen molar-refractivity contribution < 1.29 is 9.13 Å². The summed E-state index contributed by atoms with van der Waals surface area (Å²) in [5, 5.41) is 6.98. The third-order valence-electron chi connectivity index (χ3n) is 3.97. The number of nitrogens with one attached hydrogen (secondary N) is 1. The maximum Gasteiger partial charge on any atom is 0.184 e. The highest BCUT2D eigenvalue weighted by atomic mass is 79.9. The molecule has 1 aliphatic rings. The van der Waals surface area contributed by atoms with Gasteiger partial charge in [-0.05, 0) is 30.3 Å². The van der Waals surface area contributed by atoms with Crippen LogP contribution in [0.3, 0.4) is 0 Å². The molecule has 6 nitrogen and oxygen atoms in total. The normalized spacial score (nSPS) is 14.7. The molecular formula is C17H15BrFN5O. The Morgan fingerprint density at radius 3 is 2.76 bits per heavy atom. The number of hydrogen-bond donors (Lipinski definition) is 1. The van der Waals surface area contributed by atoms with Gasteiger partial charge in [0.2, 0.25) is 0 Å². The summed E-state index contributed by atoms with van der Waals surface area (Å²) in [7, 11) is 0. The molecule has 8 heteroatoms. The highest BCUT2D eigenvalue weighted by Gasteiger charge is 2.16. The second kappa shape index (κ2) is 6.89. The van der Waals surface area contributed by atoms with Crippen LogP contribution in [0.5, 0.6) is 0 Å². The molecule has 128 valence electrons. The largest absolute Gasteiger partial charge is 0.378 e. The minimum Gasteiger partial charge on any atom is -0.378 e. The number of halogens is 2. The number of aromatic nitrogens is 4.